The molecule has 0 aromatic carbocycles. The van der Waals surface area contributed by atoms with Crippen LogP contribution in [0.15, 0.2) is 0 Å². The predicted octanol–water partition coefficient (Wildman–Crippen LogP) is -1.52. The van der Waals surface area contributed by atoms with Gasteiger partial charge in [0.15, 0.2) is 6.29 Å². The Hall–Kier alpha value is -0.200. The summed E-state index contributed by atoms with van der Waals surface area (Å²) in [6, 6.07) is 0. The van der Waals surface area contributed by atoms with E-state index >= 15 is 0 Å². The first-order valence-corrected chi connectivity index (χ1v) is 3.90. The molecule has 0 aromatic rings. The van der Waals surface area contributed by atoms with E-state index in [1.807, 2.05) is 0 Å². The number of rotatable bonds is 1. The van der Waals surface area contributed by atoms with Crippen molar-refractivity contribution in [1.82, 2.24) is 0 Å². The number of methoxy groups -OCH3 is 1. The van der Waals surface area contributed by atoms with Crippen LogP contribution in [0.3, 0.4) is 0 Å². The summed E-state index contributed by atoms with van der Waals surface area (Å²) in [6.45, 7) is 0.322. The molecule has 2 bridgehead atoms. The lowest BCUT2D eigenvalue weighted by Crippen LogP contribution is -2.53. The van der Waals surface area contributed by atoms with Gasteiger partial charge in [0.1, 0.15) is 24.4 Å². The van der Waals surface area contributed by atoms with E-state index < -0.39 is 24.6 Å². The van der Waals surface area contributed by atoms with Gasteiger partial charge in [0.2, 0.25) is 0 Å². The molecule has 0 saturated carbocycles. The SMILES string of the molecule is CO[C@H]1O[C@@H]2CO[C@H]([C@@H]1O)[C@@H]2O. The van der Waals surface area contributed by atoms with E-state index in [2.05, 4.69) is 0 Å². The summed E-state index contributed by atoms with van der Waals surface area (Å²) < 4.78 is 15.2. The summed E-state index contributed by atoms with van der Waals surface area (Å²) in [5.74, 6) is 0. The third-order valence-corrected chi connectivity index (χ3v) is 2.33. The molecule has 70 valence electrons. The smallest absolute Gasteiger partial charge is 0.186 e. The zero-order valence-electron chi connectivity index (χ0n) is 6.71. The molecule has 0 spiro atoms. The van der Waals surface area contributed by atoms with E-state index in [1.54, 1.807) is 0 Å². The Morgan fingerprint density at radius 1 is 1.33 bits per heavy atom. The largest absolute Gasteiger partial charge is 0.387 e. The molecule has 0 unspecified atom stereocenters. The van der Waals surface area contributed by atoms with Crippen LogP contribution < -0.4 is 0 Å². The van der Waals surface area contributed by atoms with E-state index in [9.17, 15) is 10.2 Å². The zero-order chi connectivity index (χ0) is 8.72. The van der Waals surface area contributed by atoms with Gasteiger partial charge in [-0.1, -0.05) is 0 Å². The van der Waals surface area contributed by atoms with Crippen LogP contribution in [-0.2, 0) is 14.2 Å². The molecule has 0 amide bonds. The Balaban J connectivity index is 2.12. The van der Waals surface area contributed by atoms with Gasteiger partial charge in [-0.2, -0.15) is 0 Å². The number of hydrogen-bond acceptors (Lipinski definition) is 5. The van der Waals surface area contributed by atoms with Crippen LogP contribution in [0.4, 0.5) is 0 Å². The first kappa shape index (κ1) is 8.40. The number of aliphatic hydroxyl groups is 2. The van der Waals surface area contributed by atoms with Crippen molar-refractivity contribution in [2.75, 3.05) is 13.7 Å². The summed E-state index contributed by atoms with van der Waals surface area (Å²) in [5.41, 5.74) is 0. The Bertz CT molecular complexity index is 173. The highest BCUT2D eigenvalue weighted by atomic mass is 16.7. The quantitative estimate of drug-likeness (QED) is 0.507. The monoisotopic (exact) mass is 176 g/mol. The van der Waals surface area contributed by atoms with E-state index in [4.69, 9.17) is 14.2 Å². The van der Waals surface area contributed by atoms with Gasteiger partial charge in [0.25, 0.3) is 0 Å². The van der Waals surface area contributed by atoms with Crippen molar-refractivity contribution < 1.29 is 24.4 Å². The minimum Gasteiger partial charge on any atom is -0.387 e. The maximum Gasteiger partial charge on any atom is 0.186 e. The summed E-state index contributed by atoms with van der Waals surface area (Å²) in [4.78, 5) is 0. The van der Waals surface area contributed by atoms with Crippen LogP contribution in [0.5, 0.6) is 0 Å². The molecular formula is C7H12O5. The van der Waals surface area contributed by atoms with Crippen LogP contribution in [0, 0.1) is 0 Å². The average Bonchev–Trinajstić information content (AvgIpc) is 2.31. The van der Waals surface area contributed by atoms with Crippen molar-refractivity contribution in [2.45, 2.75) is 30.7 Å². The topological polar surface area (TPSA) is 68.2 Å². The molecule has 2 rings (SSSR count). The Morgan fingerprint density at radius 3 is 2.75 bits per heavy atom. The van der Waals surface area contributed by atoms with Crippen LogP contribution in [0.2, 0.25) is 0 Å². The van der Waals surface area contributed by atoms with Crippen LogP contribution in [-0.4, -0.2) is 54.6 Å². The van der Waals surface area contributed by atoms with Gasteiger partial charge in [-0.3, -0.25) is 0 Å². The van der Waals surface area contributed by atoms with E-state index in [0.717, 1.165) is 0 Å². The third-order valence-electron chi connectivity index (χ3n) is 2.33. The predicted molar refractivity (Wildman–Crippen MR) is 37.4 cm³/mol. The minimum absolute atomic E-state index is 0.322. The van der Waals surface area contributed by atoms with Crippen LogP contribution in [0.1, 0.15) is 0 Å². The standard InChI is InChI=1S/C7H12O5/c1-10-7-5(9)6-4(8)3(12-7)2-11-6/h3-9H,2H2,1H3/t3-,4-,5+,6+,7+/m1/s1. The van der Waals surface area contributed by atoms with E-state index in [0.29, 0.717) is 6.61 Å². The lowest BCUT2D eigenvalue weighted by atomic mass is 10.0. The molecule has 0 aliphatic carbocycles. The summed E-state index contributed by atoms with van der Waals surface area (Å²) in [7, 11) is 1.45. The molecule has 2 saturated heterocycles. The van der Waals surface area contributed by atoms with Crippen molar-refractivity contribution in [3.63, 3.8) is 0 Å². The van der Waals surface area contributed by atoms with Gasteiger partial charge >= 0.3 is 0 Å². The number of hydrogen-bond donors (Lipinski definition) is 2. The Morgan fingerprint density at radius 2 is 2.08 bits per heavy atom. The van der Waals surface area contributed by atoms with E-state index in [-0.39, 0.29) is 6.10 Å². The van der Waals surface area contributed by atoms with Crippen molar-refractivity contribution in [1.29, 1.82) is 0 Å². The Labute approximate surface area is 69.8 Å². The maximum atomic E-state index is 9.49. The number of fused-ring (bicyclic) bond motifs is 2. The second kappa shape index (κ2) is 2.93. The number of aliphatic hydroxyl groups excluding tert-OH is 2. The summed E-state index contributed by atoms with van der Waals surface area (Å²) in [6.07, 6.45) is -3.22. The lowest BCUT2D eigenvalue weighted by Gasteiger charge is -2.33. The highest BCUT2D eigenvalue weighted by Gasteiger charge is 2.50. The van der Waals surface area contributed by atoms with Crippen molar-refractivity contribution in [3.05, 3.63) is 0 Å². The molecule has 2 aliphatic rings. The zero-order valence-corrected chi connectivity index (χ0v) is 6.71. The highest BCUT2D eigenvalue weighted by Crippen LogP contribution is 2.29. The summed E-state index contributed by atoms with van der Waals surface area (Å²) in [5, 5.41) is 18.9. The van der Waals surface area contributed by atoms with Crippen LogP contribution >= 0.6 is 0 Å². The van der Waals surface area contributed by atoms with Crippen molar-refractivity contribution in [2.24, 2.45) is 0 Å². The molecule has 12 heavy (non-hydrogen) atoms. The molecular weight excluding hydrogens is 164 g/mol. The molecule has 0 radical (unpaired) electrons. The van der Waals surface area contributed by atoms with E-state index in [1.165, 1.54) is 7.11 Å². The fourth-order valence-electron chi connectivity index (χ4n) is 1.64. The molecule has 2 heterocycles. The number of ether oxygens (including phenoxy) is 3. The molecule has 2 aliphatic heterocycles. The molecule has 5 nitrogen and oxygen atoms in total. The second-order valence-electron chi connectivity index (χ2n) is 3.06. The normalized spacial score (nSPS) is 52.8. The van der Waals surface area contributed by atoms with Gasteiger partial charge in [0, 0.05) is 7.11 Å². The highest BCUT2D eigenvalue weighted by molar-refractivity contribution is 4.94. The minimum atomic E-state index is -0.899. The van der Waals surface area contributed by atoms with Crippen molar-refractivity contribution >= 4 is 0 Å². The lowest BCUT2D eigenvalue weighted by molar-refractivity contribution is -0.253. The van der Waals surface area contributed by atoms with Gasteiger partial charge in [-0.05, 0) is 0 Å². The third kappa shape index (κ3) is 1.06. The molecule has 2 fully saturated rings. The molecule has 5 atom stereocenters. The van der Waals surface area contributed by atoms with Gasteiger partial charge in [0.05, 0.1) is 6.61 Å². The second-order valence-corrected chi connectivity index (χ2v) is 3.06. The first-order chi connectivity index (χ1) is 5.74. The maximum absolute atomic E-state index is 9.49. The van der Waals surface area contributed by atoms with Gasteiger partial charge in [-0.25, -0.2) is 0 Å². The summed E-state index contributed by atoms with van der Waals surface area (Å²) >= 11 is 0. The average molecular weight is 176 g/mol. The molecule has 5 heteroatoms. The molecule has 2 N–H and O–H groups in total. The van der Waals surface area contributed by atoms with Crippen LogP contribution in [0.25, 0.3) is 0 Å². The molecule has 0 aromatic heterocycles. The van der Waals surface area contributed by atoms with Gasteiger partial charge in [-0.15, -0.1) is 0 Å². The fourth-order valence-corrected chi connectivity index (χ4v) is 1.64. The Kier molecular flexibility index (Phi) is 2.05. The van der Waals surface area contributed by atoms with Crippen molar-refractivity contribution in [3.8, 4) is 0 Å². The fraction of sp³-hybridized carbons (Fsp3) is 1.00. The first-order valence-electron chi connectivity index (χ1n) is 3.90. The van der Waals surface area contributed by atoms with Gasteiger partial charge < -0.3 is 24.4 Å².